The van der Waals surface area contributed by atoms with Gasteiger partial charge < -0.3 is 9.30 Å². The molecule has 2 aromatic heterocycles. The number of piperazine rings is 1. The maximum atomic E-state index is 6.11. The van der Waals surface area contributed by atoms with Gasteiger partial charge >= 0.3 is 0 Å². The molecule has 6 heteroatoms. The van der Waals surface area contributed by atoms with Crippen molar-refractivity contribution in [3.05, 3.63) is 94.2 Å². The minimum Gasteiger partial charge on any atom is -0.303 e. The quantitative estimate of drug-likeness (QED) is 0.322. The summed E-state index contributed by atoms with van der Waals surface area (Å²) >= 11 is 12.1. The van der Waals surface area contributed by atoms with Gasteiger partial charge in [0.1, 0.15) is 5.65 Å². The first kappa shape index (κ1) is 22.4. The molecule has 1 aliphatic rings. The van der Waals surface area contributed by atoms with Crippen LogP contribution in [-0.4, -0.2) is 51.9 Å². The molecule has 0 spiro atoms. The van der Waals surface area contributed by atoms with Crippen molar-refractivity contribution in [3.8, 4) is 11.3 Å². The Balaban J connectivity index is 1.19. The van der Waals surface area contributed by atoms with E-state index in [9.17, 15) is 0 Å². The Kier molecular flexibility index (Phi) is 6.98. The van der Waals surface area contributed by atoms with Gasteiger partial charge in [0.05, 0.1) is 11.4 Å². The topological polar surface area (TPSA) is 23.8 Å². The van der Waals surface area contributed by atoms with Crippen LogP contribution in [0.5, 0.6) is 0 Å². The van der Waals surface area contributed by atoms with Crippen molar-refractivity contribution in [2.24, 2.45) is 0 Å². The third-order valence-electron chi connectivity index (χ3n) is 6.42. The number of nitrogens with zero attached hydrogens (tertiary/aromatic N) is 4. The van der Waals surface area contributed by atoms with E-state index in [4.69, 9.17) is 28.2 Å². The van der Waals surface area contributed by atoms with Crippen LogP contribution in [0, 0.1) is 0 Å². The van der Waals surface area contributed by atoms with Gasteiger partial charge in [0.2, 0.25) is 0 Å². The predicted molar refractivity (Wildman–Crippen MR) is 137 cm³/mol. The molecule has 0 N–H and O–H groups in total. The highest BCUT2D eigenvalue weighted by atomic mass is 35.5. The first-order valence-electron chi connectivity index (χ1n) is 11.6. The zero-order chi connectivity index (χ0) is 22.6. The van der Waals surface area contributed by atoms with Crippen molar-refractivity contribution in [3.63, 3.8) is 0 Å². The summed E-state index contributed by atoms with van der Waals surface area (Å²) in [6, 6.07) is 22.4. The number of halogens is 2. The number of hydrogen-bond donors (Lipinski definition) is 0. The molecule has 2 aromatic carbocycles. The van der Waals surface area contributed by atoms with E-state index in [-0.39, 0.29) is 0 Å². The molecule has 0 radical (unpaired) electrons. The fraction of sp³-hybridized carbons (Fsp3) is 0.296. The van der Waals surface area contributed by atoms with Gasteiger partial charge in [-0.05, 0) is 61.3 Å². The van der Waals surface area contributed by atoms with E-state index in [1.165, 1.54) is 11.3 Å². The van der Waals surface area contributed by atoms with Crippen LogP contribution in [-0.2, 0) is 13.0 Å². The lowest BCUT2D eigenvalue weighted by Gasteiger charge is -2.34. The highest BCUT2D eigenvalue weighted by Gasteiger charge is 2.18. The number of benzene rings is 2. The van der Waals surface area contributed by atoms with Crippen molar-refractivity contribution < 1.29 is 0 Å². The summed E-state index contributed by atoms with van der Waals surface area (Å²) in [5.41, 5.74) is 5.78. The zero-order valence-corrected chi connectivity index (χ0v) is 20.1. The molecule has 170 valence electrons. The zero-order valence-electron chi connectivity index (χ0n) is 18.6. The lowest BCUT2D eigenvalue weighted by atomic mass is 10.1. The number of aryl methyl sites for hydroxylation is 1. The first-order chi connectivity index (χ1) is 16.2. The molecular weight excluding hydrogens is 451 g/mol. The summed E-state index contributed by atoms with van der Waals surface area (Å²) in [6.07, 6.45) is 4.22. The second-order valence-electron chi connectivity index (χ2n) is 8.69. The van der Waals surface area contributed by atoms with Gasteiger partial charge in [0.15, 0.2) is 0 Å². The number of hydrogen-bond acceptors (Lipinski definition) is 3. The minimum atomic E-state index is 0.749. The number of pyridine rings is 1. The molecule has 5 rings (SSSR count). The smallest absolute Gasteiger partial charge is 0.137 e. The van der Waals surface area contributed by atoms with Crippen LogP contribution in [0.25, 0.3) is 16.9 Å². The lowest BCUT2D eigenvalue weighted by molar-refractivity contribution is 0.126. The van der Waals surface area contributed by atoms with Crippen LogP contribution in [0.4, 0.5) is 0 Å². The van der Waals surface area contributed by atoms with E-state index in [1.807, 2.05) is 30.3 Å². The second kappa shape index (κ2) is 10.3. The summed E-state index contributed by atoms with van der Waals surface area (Å²) in [5, 5.41) is 1.55. The summed E-state index contributed by atoms with van der Waals surface area (Å²) in [5.74, 6) is 0. The van der Waals surface area contributed by atoms with Crippen molar-refractivity contribution in [2.45, 2.75) is 19.4 Å². The number of fused-ring (bicyclic) bond motifs is 1. The van der Waals surface area contributed by atoms with Crippen LogP contribution in [0.2, 0.25) is 10.0 Å². The maximum Gasteiger partial charge on any atom is 0.137 e. The second-order valence-corrected chi connectivity index (χ2v) is 9.56. The average Bonchev–Trinajstić information content (AvgIpc) is 3.21. The standard InChI is InChI=1S/C27H28Cl2N4/c28-23-10-6-21(7-11-23)20-32-18-16-31(17-19-32)14-3-4-25-27(22-8-12-24(29)13-9-22)30-26-5-1-2-15-33(25)26/h1-2,5-13,15H,3-4,14,16-20H2. The molecular formula is C27H28Cl2N4. The molecule has 3 heterocycles. The van der Waals surface area contributed by atoms with E-state index >= 15 is 0 Å². The monoisotopic (exact) mass is 478 g/mol. The van der Waals surface area contributed by atoms with E-state index in [0.717, 1.165) is 79.1 Å². The Morgan fingerprint density at radius 2 is 1.42 bits per heavy atom. The molecule has 4 nitrogen and oxygen atoms in total. The number of rotatable bonds is 7. The van der Waals surface area contributed by atoms with E-state index in [0.29, 0.717) is 0 Å². The van der Waals surface area contributed by atoms with Gasteiger partial charge in [-0.1, -0.05) is 53.5 Å². The van der Waals surface area contributed by atoms with Gasteiger partial charge in [0.25, 0.3) is 0 Å². The Bertz CT molecular complexity index is 1190. The van der Waals surface area contributed by atoms with Gasteiger partial charge in [0, 0.05) is 54.5 Å². The molecule has 1 fully saturated rings. The summed E-state index contributed by atoms with van der Waals surface area (Å²) < 4.78 is 2.23. The van der Waals surface area contributed by atoms with Crippen LogP contribution in [0.15, 0.2) is 72.9 Å². The van der Waals surface area contributed by atoms with E-state index in [1.54, 1.807) is 0 Å². The van der Waals surface area contributed by atoms with Crippen LogP contribution in [0.3, 0.4) is 0 Å². The molecule has 0 saturated carbocycles. The van der Waals surface area contributed by atoms with Gasteiger partial charge in [-0.2, -0.15) is 0 Å². The molecule has 0 aliphatic carbocycles. The average molecular weight is 479 g/mol. The Hall–Kier alpha value is -2.37. The summed E-state index contributed by atoms with van der Waals surface area (Å²) in [4.78, 5) is 10.0. The first-order valence-corrected chi connectivity index (χ1v) is 12.3. The van der Waals surface area contributed by atoms with Gasteiger partial charge in [-0.25, -0.2) is 4.98 Å². The lowest BCUT2D eigenvalue weighted by Crippen LogP contribution is -2.46. The molecule has 1 saturated heterocycles. The maximum absolute atomic E-state index is 6.11. The fourth-order valence-electron chi connectivity index (χ4n) is 4.61. The molecule has 0 bridgehead atoms. The highest BCUT2D eigenvalue weighted by molar-refractivity contribution is 6.30. The molecule has 0 amide bonds. The molecule has 4 aromatic rings. The van der Waals surface area contributed by atoms with Crippen molar-refractivity contribution in [2.75, 3.05) is 32.7 Å². The summed E-state index contributed by atoms with van der Waals surface area (Å²) in [7, 11) is 0. The van der Waals surface area contributed by atoms with Gasteiger partial charge in [-0.15, -0.1) is 0 Å². The van der Waals surface area contributed by atoms with E-state index < -0.39 is 0 Å². The molecule has 33 heavy (non-hydrogen) atoms. The van der Waals surface area contributed by atoms with Crippen molar-refractivity contribution >= 4 is 28.8 Å². The van der Waals surface area contributed by atoms with Crippen LogP contribution in [0.1, 0.15) is 17.7 Å². The van der Waals surface area contributed by atoms with Gasteiger partial charge in [-0.3, -0.25) is 4.90 Å². The van der Waals surface area contributed by atoms with E-state index in [2.05, 4.69) is 56.8 Å². The highest BCUT2D eigenvalue weighted by Crippen LogP contribution is 2.27. The SMILES string of the molecule is Clc1ccc(CN2CCN(CCCc3c(-c4ccc(Cl)cc4)nc4ccccn34)CC2)cc1. The Morgan fingerprint density at radius 3 is 2.15 bits per heavy atom. The summed E-state index contributed by atoms with van der Waals surface area (Å²) in [6.45, 7) is 6.55. The minimum absolute atomic E-state index is 0.749. The molecule has 1 aliphatic heterocycles. The molecule has 0 unspecified atom stereocenters. The fourth-order valence-corrected chi connectivity index (χ4v) is 4.87. The van der Waals surface area contributed by atoms with Crippen molar-refractivity contribution in [1.29, 1.82) is 0 Å². The Labute approximate surface area is 205 Å². The predicted octanol–water partition coefficient (Wildman–Crippen LogP) is 6.06. The van der Waals surface area contributed by atoms with Crippen molar-refractivity contribution in [1.82, 2.24) is 19.2 Å². The largest absolute Gasteiger partial charge is 0.303 e. The normalized spacial score (nSPS) is 15.3. The number of imidazole rings is 1. The molecule has 0 atom stereocenters. The Morgan fingerprint density at radius 1 is 0.758 bits per heavy atom. The third kappa shape index (κ3) is 5.42. The van der Waals surface area contributed by atoms with Crippen LogP contribution < -0.4 is 0 Å². The number of aromatic nitrogens is 2. The third-order valence-corrected chi connectivity index (χ3v) is 6.92. The van der Waals surface area contributed by atoms with Crippen LogP contribution >= 0.6 is 23.2 Å².